The molecule has 88 valence electrons. The van der Waals surface area contributed by atoms with E-state index >= 15 is 0 Å². The molecule has 0 fully saturated rings. The molecule has 0 saturated carbocycles. The molecule has 0 atom stereocenters. The predicted octanol–water partition coefficient (Wildman–Crippen LogP) is 1.91. The SMILES string of the molecule is COc1cc2ccc1=2.OCCc1ccccn1. The van der Waals surface area contributed by atoms with Crippen LogP contribution in [0.15, 0.2) is 42.6 Å². The second kappa shape index (κ2) is 5.46. The summed E-state index contributed by atoms with van der Waals surface area (Å²) in [5, 5.41) is 11.1. The Kier molecular flexibility index (Phi) is 3.73. The van der Waals surface area contributed by atoms with Gasteiger partial charge in [0.15, 0.2) is 0 Å². The molecule has 1 aromatic heterocycles. The summed E-state index contributed by atoms with van der Waals surface area (Å²) >= 11 is 0. The molecule has 1 aromatic rings. The number of aliphatic hydroxyl groups excluding tert-OH is 1. The molecule has 0 aromatic carbocycles. The van der Waals surface area contributed by atoms with Crippen LogP contribution in [0.25, 0.3) is 0 Å². The Morgan fingerprint density at radius 3 is 2.47 bits per heavy atom. The van der Waals surface area contributed by atoms with Crippen molar-refractivity contribution in [2.24, 2.45) is 0 Å². The van der Waals surface area contributed by atoms with Crippen molar-refractivity contribution in [2.75, 3.05) is 13.7 Å². The fraction of sp³-hybridized carbons (Fsp3) is 0.214. The fourth-order valence-corrected chi connectivity index (χ4v) is 1.58. The first-order valence-corrected chi connectivity index (χ1v) is 5.54. The Labute approximate surface area is 100 Å². The van der Waals surface area contributed by atoms with Crippen LogP contribution in [0, 0.1) is 10.4 Å². The fourth-order valence-electron chi connectivity index (χ4n) is 1.58. The van der Waals surface area contributed by atoms with Gasteiger partial charge < -0.3 is 9.84 Å². The Bertz CT molecular complexity index is 567. The normalized spacial score (nSPS) is 10.2. The van der Waals surface area contributed by atoms with Gasteiger partial charge in [-0.15, -0.1) is 0 Å². The zero-order valence-corrected chi connectivity index (χ0v) is 9.76. The highest BCUT2D eigenvalue weighted by Gasteiger charge is 2.03. The van der Waals surface area contributed by atoms with Gasteiger partial charge in [0.25, 0.3) is 0 Å². The molecule has 0 amide bonds. The van der Waals surface area contributed by atoms with Crippen molar-refractivity contribution in [3.05, 3.63) is 58.7 Å². The third-order valence-electron chi connectivity index (χ3n) is 2.61. The Balaban J connectivity index is 0.000000127. The van der Waals surface area contributed by atoms with Crippen molar-refractivity contribution >= 4 is 0 Å². The monoisotopic (exact) mass is 229 g/mol. The number of ether oxygens (including phenoxy) is 1. The van der Waals surface area contributed by atoms with E-state index in [1.165, 1.54) is 10.4 Å². The summed E-state index contributed by atoms with van der Waals surface area (Å²) in [6.07, 6.45) is 2.38. The van der Waals surface area contributed by atoms with Gasteiger partial charge >= 0.3 is 0 Å². The summed E-state index contributed by atoms with van der Waals surface area (Å²) < 4.78 is 4.97. The molecule has 0 saturated heterocycles. The number of rotatable bonds is 3. The van der Waals surface area contributed by atoms with Crippen LogP contribution in [0.5, 0.6) is 5.75 Å². The minimum Gasteiger partial charge on any atom is -0.496 e. The lowest BCUT2D eigenvalue weighted by Gasteiger charge is -2.08. The van der Waals surface area contributed by atoms with Gasteiger partial charge in [-0.1, -0.05) is 18.2 Å². The van der Waals surface area contributed by atoms with E-state index in [1.54, 1.807) is 13.3 Å². The van der Waals surface area contributed by atoms with E-state index in [9.17, 15) is 0 Å². The molecule has 0 spiro atoms. The van der Waals surface area contributed by atoms with Crippen LogP contribution >= 0.6 is 0 Å². The van der Waals surface area contributed by atoms with E-state index in [1.807, 2.05) is 24.3 Å². The highest BCUT2D eigenvalue weighted by Crippen LogP contribution is 2.22. The van der Waals surface area contributed by atoms with E-state index in [0.29, 0.717) is 6.42 Å². The molecule has 1 heterocycles. The number of pyridine rings is 1. The summed E-state index contributed by atoms with van der Waals surface area (Å²) in [6.45, 7) is 0.178. The lowest BCUT2D eigenvalue weighted by molar-refractivity contribution is 0.298. The molecule has 3 nitrogen and oxygen atoms in total. The minimum atomic E-state index is 0.178. The molecule has 0 bridgehead atoms. The second-order valence-corrected chi connectivity index (χ2v) is 3.71. The number of methoxy groups -OCH3 is 1. The van der Waals surface area contributed by atoms with Crippen LogP contribution < -0.4 is 4.74 Å². The molecule has 2 aliphatic carbocycles. The van der Waals surface area contributed by atoms with E-state index in [0.717, 1.165) is 11.4 Å². The van der Waals surface area contributed by atoms with Crippen molar-refractivity contribution < 1.29 is 9.84 Å². The van der Waals surface area contributed by atoms with Crippen LogP contribution in [-0.4, -0.2) is 23.8 Å². The van der Waals surface area contributed by atoms with Crippen LogP contribution in [0.2, 0.25) is 0 Å². The smallest absolute Gasteiger partial charge is 0.127 e. The van der Waals surface area contributed by atoms with E-state index < -0.39 is 0 Å². The van der Waals surface area contributed by atoms with Crippen LogP contribution in [0.1, 0.15) is 5.69 Å². The molecular formula is C14H15NO2. The Morgan fingerprint density at radius 2 is 2.12 bits per heavy atom. The summed E-state index contributed by atoms with van der Waals surface area (Å²) in [4.78, 5) is 4.01. The topological polar surface area (TPSA) is 42.4 Å². The quantitative estimate of drug-likeness (QED) is 0.746. The maximum absolute atomic E-state index is 8.48. The zero-order chi connectivity index (χ0) is 12.1. The van der Waals surface area contributed by atoms with Crippen LogP contribution in [0.4, 0.5) is 0 Å². The van der Waals surface area contributed by atoms with Crippen LogP contribution in [0.3, 0.4) is 0 Å². The largest absolute Gasteiger partial charge is 0.496 e. The first-order chi connectivity index (χ1) is 8.35. The van der Waals surface area contributed by atoms with Crippen molar-refractivity contribution in [1.29, 1.82) is 0 Å². The number of hydrogen-bond donors (Lipinski definition) is 1. The van der Waals surface area contributed by atoms with E-state index in [2.05, 4.69) is 17.1 Å². The van der Waals surface area contributed by atoms with Crippen molar-refractivity contribution in [1.82, 2.24) is 4.98 Å². The highest BCUT2D eigenvalue weighted by atomic mass is 16.5. The van der Waals surface area contributed by atoms with Gasteiger partial charge in [0.1, 0.15) is 5.75 Å². The maximum Gasteiger partial charge on any atom is 0.127 e. The molecule has 0 radical (unpaired) electrons. The molecule has 0 unspecified atom stereocenters. The van der Waals surface area contributed by atoms with Crippen molar-refractivity contribution in [2.45, 2.75) is 6.42 Å². The zero-order valence-electron chi connectivity index (χ0n) is 9.76. The van der Waals surface area contributed by atoms with Crippen LogP contribution in [-0.2, 0) is 6.42 Å². The standard InChI is InChI=1S/C7H9NO.C7H6O/c9-6-4-7-3-1-2-5-8-7;1-8-7-4-5-2-3-6(5)7/h1-3,5,9H,4,6H2;2-4H,1H3. The number of aromatic nitrogens is 1. The molecular weight excluding hydrogens is 214 g/mol. The van der Waals surface area contributed by atoms with Crippen molar-refractivity contribution in [3.63, 3.8) is 0 Å². The first kappa shape index (κ1) is 11.6. The third kappa shape index (κ3) is 2.63. The van der Waals surface area contributed by atoms with Gasteiger partial charge in [-0.05, 0) is 23.4 Å². The summed E-state index contributed by atoms with van der Waals surface area (Å²) in [5.41, 5.74) is 0.944. The number of benzene rings is 1. The van der Waals surface area contributed by atoms with Gasteiger partial charge in [-0.2, -0.15) is 0 Å². The molecule has 3 rings (SSSR count). The van der Waals surface area contributed by atoms with Gasteiger partial charge in [0.05, 0.1) is 7.11 Å². The second-order valence-electron chi connectivity index (χ2n) is 3.71. The third-order valence-corrected chi connectivity index (χ3v) is 2.61. The Hall–Kier alpha value is -1.87. The summed E-state index contributed by atoms with van der Waals surface area (Å²) in [7, 11) is 1.70. The first-order valence-electron chi connectivity index (χ1n) is 5.54. The predicted molar refractivity (Wildman–Crippen MR) is 65.7 cm³/mol. The number of hydrogen-bond acceptors (Lipinski definition) is 3. The Morgan fingerprint density at radius 1 is 1.24 bits per heavy atom. The maximum atomic E-state index is 8.48. The number of nitrogens with zero attached hydrogens (tertiary/aromatic N) is 1. The van der Waals surface area contributed by atoms with E-state index in [-0.39, 0.29) is 6.61 Å². The lowest BCUT2D eigenvalue weighted by atomic mass is 10.1. The summed E-state index contributed by atoms with van der Waals surface area (Å²) in [5.74, 6) is 1.03. The highest BCUT2D eigenvalue weighted by molar-refractivity contribution is 5.38. The molecule has 1 N–H and O–H groups in total. The molecule has 2 aliphatic rings. The van der Waals surface area contributed by atoms with Gasteiger partial charge in [-0.3, -0.25) is 4.98 Å². The van der Waals surface area contributed by atoms with Gasteiger partial charge in [-0.25, -0.2) is 0 Å². The molecule has 0 aliphatic heterocycles. The molecule has 17 heavy (non-hydrogen) atoms. The lowest BCUT2D eigenvalue weighted by Crippen LogP contribution is -1.92. The number of aliphatic hydroxyl groups is 1. The van der Waals surface area contributed by atoms with Gasteiger partial charge in [0.2, 0.25) is 0 Å². The van der Waals surface area contributed by atoms with Crippen molar-refractivity contribution in [3.8, 4) is 5.75 Å². The minimum absolute atomic E-state index is 0.178. The average molecular weight is 229 g/mol. The molecule has 3 heteroatoms. The van der Waals surface area contributed by atoms with E-state index in [4.69, 9.17) is 9.84 Å². The average Bonchev–Trinajstić information content (AvgIpc) is 2.35. The summed E-state index contributed by atoms with van der Waals surface area (Å²) in [6, 6.07) is 11.9. The van der Waals surface area contributed by atoms with Gasteiger partial charge in [0, 0.05) is 30.1 Å².